The number of hydrogen-bond donors (Lipinski definition) is 0. The fourth-order valence-corrected chi connectivity index (χ4v) is 3.66. The summed E-state index contributed by atoms with van der Waals surface area (Å²) in [6.07, 6.45) is 2.38. The Morgan fingerprint density at radius 1 is 1.04 bits per heavy atom. The van der Waals surface area contributed by atoms with Crippen molar-refractivity contribution in [2.75, 3.05) is 12.0 Å². The summed E-state index contributed by atoms with van der Waals surface area (Å²) in [7, 11) is 0. The minimum absolute atomic E-state index is 0.0823. The molecule has 8 heteroatoms. The van der Waals surface area contributed by atoms with E-state index in [-0.39, 0.29) is 17.3 Å². The standard InChI is InChI=1S/C20H16FN3O3S/c1-28-11-10-16(24-19(25)12-6-2-3-7-13(12)20(24)26)18-22-17(23-27-18)14-8-4-5-9-15(14)21/h2-9,16H,10-11H2,1H3/t16-/m0/s1. The summed E-state index contributed by atoms with van der Waals surface area (Å²) < 4.78 is 19.4. The predicted octanol–water partition coefficient (Wildman–Crippen LogP) is 3.97. The molecule has 0 bridgehead atoms. The summed E-state index contributed by atoms with van der Waals surface area (Å²) in [5.41, 5.74) is 0.912. The van der Waals surface area contributed by atoms with E-state index >= 15 is 0 Å². The monoisotopic (exact) mass is 397 g/mol. The summed E-state index contributed by atoms with van der Waals surface area (Å²) in [6, 6.07) is 12.1. The average Bonchev–Trinajstić information content (AvgIpc) is 3.28. The number of rotatable bonds is 6. The van der Waals surface area contributed by atoms with Gasteiger partial charge < -0.3 is 4.52 Å². The van der Waals surface area contributed by atoms with Crippen molar-refractivity contribution >= 4 is 23.6 Å². The summed E-state index contributed by atoms with van der Waals surface area (Å²) in [6.45, 7) is 0. The molecule has 3 aromatic rings. The Hall–Kier alpha value is -3.00. The molecule has 0 radical (unpaired) electrons. The Bertz CT molecular complexity index is 1020. The number of amides is 2. The van der Waals surface area contributed by atoms with Crippen LogP contribution in [0.1, 0.15) is 39.1 Å². The lowest BCUT2D eigenvalue weighted by molar-refractivity contribution is 0.0548. The molecule has 0 spiro atoms. The highest BCUT2D eigenvalue weighted by Crippen LogP contribution is 2.34. The Balaban J connectivity index is 1.71. The van der Waals surface area contributed by atoms with Crippen LogP contribution in [0, 0.1) is 5.82 Å². The van der Waals surface area contributed by atoms with Gasteiger partial charge in [0, 0.05) is 0 Å². The van der Waals surface area contributed by atoms with Crippen LogP contribution < -0.4 is 0 Å². The quantitative estimate of drug-likeness (QED) is 0.586. The second kappa shape index (κ2) is 7.55. The Morgan fingerprint density at radius 3 is 2.25 bits per heavy atom. The number of hydrogen-bond acceptors (Lipinski definition) is 6. The maximum Gasteiger partial charge on any atom is 0.262 e. The van der Waals surface area contributed by atoms with Gasteiger partial charge in [0.1, 0.15) is 11.9 Å². The molecule has 0 unspecified atom stereocenters. The Kier molecular flexibility index (Phi) is 4.95. The minimum atomic E-state index is -0.715. The van der Waals surface area contributed by atoms with Gasteiger partial charge in [-0.3, -0.25) is 14.5 Å². The van der Waals surface area contributed by atoms with Crippen molar-refractivity contribution in [3.63, 3.8) is 0 Å². The molecule has 0 aliphatic carbocycles. The highest BCUT2D eigenvalue weighted by Gasteiger charge is 2.42. The van der Waals surface area contributed by atoms with E-state index in [4.69, 9.17) is 4.52 Å². The van der Waals surface area contributed by atoms with Gasteiger partial charge in [-0.1, -0.05) is 29.4 Å². The van der Waals surface area contributed by atoms with E-state index < -0.39 is 23.7 Å². The molecule has 2 heterocycles. The smallest absolute Gasteiger partial charge is 0.262 e. The van der Waals surface area contributed by atoms with Crippen LogP contribution in [-0.4, -0.2) is 38.9 Å². The van der Waals surface area contributed by atoms with Gasteiger partial charge in [0.2, 0.25) is 11.7 Å². The zero-order chi connectivity index (χ0) is 19.7. The SMILES string of the molecule is CSCC[C@@H](c1nc(-c2ccccc2F)no1)N1C(=O)c2ccccc2C1=O. The van der Waals surface area contributed by atoms with Crippen LogP contribution >= 0.6 is 11.8 Å². The van der Waals surface area contributed by atoms with Crippen molar-refractivity contribution in [1.82, 2.24) is 15.0 Å². The first kappa shape index (κ1) is 18.4. The lowest BCUT2D eigenvalue weighted by Gasteiger charge is -2.22. The number of imide groups is 1. The van der Waals surface area contributed by atoms with Crippen LogP contribution in [0.2, 0.25) is 0 Å². The summed E-state index contributed by atoms with van der Waals surface area (Å²) in [4.78, 5) is 31.2. The first-order valence-electron chi connectivity index (χ1n) is 8.66. The van der Waals surface area contributed by atoms with Crippen molar-refractivity contribution in [3.05, 3.63) is 71.4 Å². The van der Waals surface area contributed by atoms with Crippen LogP contribution in [0.15, 0.2) is 53.1 Å². The highest BCUT2D eigenvalue weighted by molar-refractivity contribution is 7.98. The number of benzene rings is 2. The number of carbonyl (C=O) groups excluding carboxylic acids is 2. The van der Waals surface area contributed by atoms with Crippen molar-refractivity contribution < 1.29 is 18.5 Å². The number of nitrogens with zero attached hydrogens (tertiary/aromatic N) is 3. The highest BCUT2D eigenvalue weighted by atomic mass is 32.2. The van der Waals surface area contributed by atoms with Gasteiger partial charge in [-0.05, 0) is 42.7 Å². The third-order valence-electron chi connectivity index (χ3n) is 4.57. The summed E-state index contributed by atoms with van der Waals surface area (Å²) in [5.74, 6) is -0.387. The number of aromatic nitrogens is 2. The molecule has 6 nitrogen and oxygen atoms in total. The lowest BCUT2D eigenvalue weighted by atomic mass is 10.1. The van der Waals surface area contributed by atoms with Gasteiger partial charge in [0.15, 0.2) is 0 Å². The van der Waals surface area contributed by atoms with E-state index in [0.717, 1.165) is 0 Å². The topological polar surface area (TPSA) is 76.3 Å². The fourth-order valence-electron chi connectivity index (χ4n) is 3.21. The summed E-state index contributed by atoms with van der Waals surface area (Å²) in [5, 5.41) is 3.86. The second-order valence-corrected chi connectivity index (χ2v) is 7.24. The first-order chi connectivity index (χ1) is 13.6. The lowest BCUT2D eigenvalue weighted by Crippen LogP contribution is -2.34. The number of thioether (sulfide) groups is 1. The van der Waals surface area contributed by atoms with Gasteiger partial charge >= 0.3 is 0 Å². The van der Waals surface area contributed by atoms with E-state index in [9.17, 15) is 14.0 Å². The van der Waals surface area contributed by atoms with E-state index in [1.807, 2.05) is 6.26 Å². The van der Waals surface area contributed by atoms with E-state index in [1.54, 1.807) is 54.2 Å². The average molecular weight is 397 g/mol. The van der Waals surface area contributed by atoms with E-state index in [2.05, 4.69) is 10.1 Å². The molecule has 0 fully saturated rings. The molecule has 1 aliphatic heterocycles. The number of fused-ring (bicyclic) bond motifs is 1. The molecule has 0 saturated heterocycles. The van der Waals surface area contributed by atoms with Gasteiger partial charge in [0.05, 0.1) is 16.7 Å². The minimum Gasteiger partial charge on any atom is -0.337 e. The molecule has 1 atom stereocenters. The van der Waals surface area contributed by atoms with E-state index in [1.165, 1.54) is 11.0 Å². The molecule has 28 heavy (non-hydrogen) atoms. The molecule has 0 saturated carbocycles. The Labute approximate surface area is 164 Å². The number of carbonyl (C=O) groups is 2. The molecule has 0 N–H and O–H groups in total. The molecule has 2 amide bonds. The van der Waals surface area contributed by atoms with Gasteiger partial charge in [-0.15, -0.1) is 0 Å². The maximum absolute atomic E-state index is 14.0. The third kappa shape index (κ3) is 3.09. The van der Waals surface area contributed by atoms with Gasteiger partial charge in [-0.2, -0.15) is 16.7 Å². The van der Waals surface area contributed by atoms with Crippen LogP contribution in [0.3, 0.4) is 0 Å². The molecule has 1 aromatic heterocycles. The predicted molar refractivity (Wildman–Crippen MR) is 102 cm³/mol. The van der Waals surface area contributed by atoms with Crippen molar-refractivity contribution in [2.45, 2.75) is 12.5 Å². The molecular formula is C20H16FN3O3S. The molecule has 1 aliphatic rings. The fraction of sp³-hybridized carbons (Fsp3) is 0.200. The van der Waals surface area contributed by atoms with Crippen molar-refractivity contribution in [1.29, 1.82) is 0 Å². The zero-order valence-electron chi connectivity index (χ0n) is 15.0. The zero-order valence-corrected chi connectivity index (χ0v) is 15.8. The van der Waals surface area contributed by atoms with Gasteiger partial charge in [-0.25, -0.2) is 4.39 Å². The molecule has 4 rings (SSSR count). The largest absolute Gasteiger partial charge is 0.337 e. The van der Waals surface area contributed by atoms with Crippen LogP contribution in [0.5, 0.6) is 0 Å². The first-order valence-corrected chi connectivity index (χ1v) is 10.1. The second-order valence-electron chi connectivity index (χ2n) is 6.26. The normalized spacial score (nSPS) is 14.4. The molecular weight excluding hydrogens is 381 g/mol. The summed E-state index contributed by atoms with van der Waals surface area (Å²) >= 11 is 1.58. The molecule has 142 valence electrons. The van der Waals surface area contributed by atoms with Gasteiger partial charge in [0.25, 0.3) is 11.8 Å². The molecule has 2 aromatic carbocycles. The van der Waals surface area contributed by atoms with Crippen LogP contribution in [0.25, 0.3) is 11.4 Å². The van der Waals surface area contributed by atoms with Crippen molar-refractivity contribution in [2.24, 2.45) is 0 Å². The maximum atomic E-state index is 14.0. The van der Waals surface area contributed by atoms with Crippen LogP contribution in [0.4, 0.5) is 4.39 Å². The Morgan fingerprint density at radius 2 is 1.64 bits per heavy atom. The van der Waals surface area contributed by atoms with E-state index in [0.29, 0.717) is 23.3 Å². The van der Waals surface area contributed by atoms with Crippen molar-refractivity contribution in [3.8, 4) is 11.4 Å². The van der Waals surface area contributed by atoms with Crippen LogP contribution in [-0.2, 0) is 0 Å². The number of halogens is 1. The third-order valence-corrected chi connectivity index (χ3v) is 5.22.